The van der Waals surface area contributed by atoms with E-state index in [-0.39, 0.29) is 29.6 Å². The monoisotopic (exact) mass is 166 g/mol. The summed E-state index contributed by atoms with van der Waals surface area (Å²) >= 11 is 0. The van der Waals surface area contributed by atoms with E-state index in [0.29, 0.717) is 0 Å². The van der Waals surface area contributed by atoms with Crippen molar-refractivity contribution >= 4 is 11.9 Å². The van der Waals surface area contributed by atoms with Gasteiger partial charge in [0.25, 0.3) is 0 Å². The van der Waals surface area contributed by atoms with Crippen molar-refractivity contribution in [3.05, 3.63) is 6.42 Å². The molecule has 5 heteroatoms. The second-order valence-electron chi connectivity index (χ2n) is 2.39. The second kappa shape index (κ2) is 3.47. The third-order valence-electron chi connectivity index (χ3n) is 0.928. The maximum Gasteiger partial charge on any atom is 1.00 e. The molecule has 1 aliphatic rings. The number of carbonyl (C=O) groups excluding carboxylic acids is 2. The zero-order chi connectivity index (χ0) is 7.78. The summed E-state index contributed by atoms with van der Waals surface area (Å²) in [6.45, 7) is 2.99. The number of hydrogen-bond donors (Lipinski definition) is 0. The molecule has 11 heavy (non-hydrogen) atoms. The molecule has 0 aliphatic carbocycles. The summed E-state index contributed by atoms with van der Waals surface area (Å²) in [6, 6.07) is 0. The van der Waals surface area contributed by atoms with E-state index in [4.69, 9.17) is 0 Å². The van der Waals surface area contributed by atoms with Gasteiger partial charge in [-0.05, 0) is 0 Å². The molecule has 1 aliphatic heterocycles. The van der Waals surface area contributed by atoms with Gasteiger partial charge in [0, 0.05) is 13.8 Å². The first-order chi connectivity index (χ1) is 4.49. The number of ether oxygens (including phenoxy) is 2. The molecule has 56 valence electrons. The van der Waals surface area contributed by atoms with Crippen LogP contribution in [0.3, 0.4) is 0 Å². The standard InChI is InChI=1S/C6H7O4.Na/c1-6(2)9-4(7)3-5(8)10-6;/h3H,1-2H3;/q-1;+1. The number of carbonyl (C=O) groups is 2. The Balaban J connectivity index is 0.000001000. The van der Waals surface area contributed by atoms with Crippen molar-refractivity contribution in [1.29, 1.82) is 0 Å². The summed E-state index contributed by atoms with van der Waals surface area (Å²) in [6.07, 6.45) is 0.769. The van der Waals surface area contributed by atoms with Crippen LogP contribution >= 0.6 is 0 Å². The summed E-state index contributed by atoms with van der Waals surface area (Å²) in [4.78, 5) is 21.0. The van der Waals surface area contributed by atoms with E-state index < -0.39 is 17.7 Å². The average Bonchev–Trinajstić information content (AvgIpc) is 1.54. The molecule has 0 saturated carbocycles. The van der Waals surface area contributed by atoms with E-state index >= 15 is 0 Å². The van der Waals surface area contributed by atoms with Crippen molar-refractivity contribution in [3.63, 3.8) is 0 Å². The molecule has 0 radical (unpaired) electrons. The third kappa shape index (κ3) is 3.14. The van der Waals surface area contributed by atoms with Crippen LogP contribution in [0.1, 0.15) is 13.8 Å². The largest absolute Gasteiger partial charge is 1.00 e. The second-order valence-corrected chi connectivity index (χ2v) is 2.39. The fraction of sp³-hybridized carbons (Fsp3) is 0.500. The molecule has 0 aromatic carbocycles. The zero-order valence-corrected chi connectivity index (χ0v) is 8.71. The van der Waals surface area contributed by atoms with E-state index in [1.807, 2.05) is 0 Å². The minimum atomic E-state index is -1.11. The summed E-state index contributed by atoms with van der Waals surface area (Å²) in [5, 5.41) is 0. The van der Waals surface area contributed by atoms with Gasteiger partial charge >= 0.3 is 29.6 Å². The molecule has 0 unspecified atom stereocenters. The third-order valence-corrected chi connectivity index (χ3v) is 0.928. The summed E-state index contributed by atoms with van der Waals surface area (Å²) in [5.74, 6) is -2.41. The van der Waals surface area contributed by atoms with Crippen LogP contribution in [0.5, 0.6) is 0 Å². The Morgan fingerprint density at radius 2 is 1.55 bits per heavy atom. The Hall–Kier alpha value is -0.190. The maximum atomic E-state index is 10.5. The predicted molar refractivity (Wildman–Crippen MR) is 30.6 cm³/mol. The molecular weight excluding hydrogens is 159 g/mol. The Morgan fingerprint density at radius 3 is 1.82 bits per heavy atom. The molecule has 0 spiro atoms. The number of cyclic esters (lactones) is 2. The molecule has 0 bridgehead atoms. The zero-order valence-electron chi connectivity index (χ0n) is 6.71. The van der Waals surface area contributed by atoms with E-state index in [9.17, 15) is 9.59 Å². The minimum absolute atomic E-state index is 0. The molecular formula is C6H7NaO4. The van der Waals surface area contributed by atoms with Crippen molar-refractivity contribution in [2.45, 2.75) is 19.6 Å². The predicted octanol–water partition coefficient (Wildman–Crippen LogP) is -2.97. The molecule has 0 N–H and O–H groups in total. The number of esters is 2. The van der Waals surface area contributed by atoms with Gasteiger partial charge in [-0.1, -0.05) is 0 Å². The Labute approximate surface area is 86.5 Å². The van der Waals surface area contributed by atoms with Gasteiger partial charge in [0.2, 0.25) is 5.79 Å². The average molecular weight is 166 g/mol. The van der Waals surface area contributed by atoms with Crippen LogP contribution in [0.2, 0.25) is 0 Å². The van der Waals surface area contributed by atoms with Gasteiger partial charge in [-0.15, -0.1) is 0 Å². The molecule has 0 aromatic rings. The number of hydrogen-bond acceptors (Lipinski definition) is 4. The van der Waals surface area contributed by atoms with E-state index in [1.165, 1.54) is 13.8 Å². The Kier molecular flexibility index (Phi) is 3.41. The molecule has 1 rings (SSSR count). The van der Waals surface area contributed by atoms with E-state index in [0.717, 1.165) is 6.42 Å². The van der Waals surface area contributed by atoms with Crippen molar-refractivity contribution < 1.29 is 48.6 Å². The molecule has 1 fully saturated rings. The topological polar surface area (TPSA) is 52.6 Å². The van der Waals surface area contributed by atoms with Gasteiger partial charge in [-0.2, -0.15) is 6.42 Å². The normalized spacial score (nSPS) is 20.5. The summed E-state index contributed by atoms with van der Waals surface area (Å²) in [7, 11) is 0. The van der Waals surface area contributed by atoms with Crippen LogP contribution in [-0.4, -0.2) is 17.7 Å². The molecule has 1 saturated heterocycles. The summed E-state index contributed by atoms with van der Waals surface area (Å²) in [5.41, 5.74) is 0. The van der Waals surface area contributed by atoms with Gasteiger partial charge in [0.1, 0.15) is 0 Å². The smallest absolute Gasteiger partial charge is 0.447 e. The Morgan fingerprint density at radius 1 is 1.18 bits per heavy atom. The molecule has 4 nitrogen and oxygen atoms in total. The number of rotatable bonds is 0. The molecule has 0 aromatic heterocycles. The summed E-state index contributed by atoms with van der Waals surface area (Å²) < 4.78 is 9.21. The van der Waals surface area contributed by atoms with Gasteiger partial charge in [-0.25, -0.2) is 0 Å². The van der Waals surface area contributed by atoms with Gasteiger partial charge < -0.3 is 9.47 Å². The minimum Gasteiger partial charge on any atom is -0.447 e. The van der Waals surface area contributed by atoms with Crippen molar-refractivity contribution in [3.8, 4) is 0 Å². The van der Waals surface area contributed by atoms with Crippen LogP contribution in [0.15, 0.2) is 0 Å². The van der Waals surface area contributed by atoms with E-state index in [1.54, 1.807) is 0 Å². The van der Waals surface area contributed by atoms with Gasteiger partial charge in [0.05, 0.1) is 0 Å². The fourth-order valence-corrected chi connectivity index (χ4v) is 0.660. The van der Waals surface area contributed by atoms with Crippen LogP contribution < -0.4 is 29.6 Å². The van der Waals surface area contributed by atoms with Crippen LogP contribution in [0, 0.1) is 6.42 Å². The van der Waals surface area contributed by atoms with Crippen LogP contribution in [-0.2, 0) is 19.1 Å². The van der Waals surface area contributed by atoms with Crippen molar-refractivity contribution in [1.82, 2.24) is 0 Å². The van der Waals surface area contributed by atoms with Crippen LogP contribution in [0.25, 0.3) is 0 Å². The fourth-order valence-electron chi connectivity index (χ4n) is 0.660. The molecule has 1 heterocycles. The molecule has 0 amide bonds. The van der Waals surface area contributed by atoms with Crippen LogP contribution in [0.4, 0.5) is 0 Å². The Bertz CT molecular complexity index is 169. The van der Waals surface area contributed by atoms with Gasteiger partial charge in [-0.3, -0.25) is 9.59 Å². The first kappa shape index (κ1) is 10.8. The first-order valence-electron chi connectivity index (χ1n) is 2.80. The first-order valence-corrected chi connectivity index (χ1v) is 2.80. The maximum absolute atomic E-state index is 10.5. The van der Waals surface area contributed by atoms with Crippen molar-refractivity contribution in [2.24, 2.45) is 0 Å². The quantitative estimate of drug-likeness (QED) is 0.219. The molecule has 0 atom stereocenters. The van der Waals surface area contributed by atoms with E-state index in [2.05, 4.69) is 9.47 Å². The van der Waals surface area contributed by atoms with Crippen molar-refractivity contribution in [2.75, 3.05) is 0 Å². The SMILES string of the molecule is CC1(C)OC(=O)[CH-]C(=O)O1.[Na+]. The van der Waals surface area contributed by atoms with Gasteiger partial charge in [0.15, 0.2) is 11.9 Å².